The first-order valence-electron chi connectivity index (χ1n) is 8.37. The molecule has 0 atom stereocenters. The first-order valence-corrected chi connectivity index (χ1v) is 8.74. The van der Waals surface area contributed by atoms with Gasteiger partial charge in [0.15, 0.2) is 0 Å². The van der Waals surface area contributed by atoms with E-state index in [0.29, 0.717) is 23.1 Å². The lowest BCUT2D eigenvalue weighted by Crippen LogP contribution is -2.29. The number of hydrogen-bond donors (Lipinski definition) is 1. The summed E-state index contributed by atoms with van der Waals surface area (Å²) in [6.45, 7) is 2.62. The molecule has 6 heteroatoms. The number of benzene rings is 2. The highest BCUT2D eigenvalue weighted by Gasteiger charge is 2.26. The van der Waals surface area contributed by atoms with Crippen molar-refractivity contribution >= 4 is 34.7 Å². The number of aromatic nitrogens is 2. The van der Waals surface area contributed by atoms with E-state index in [4.69, 9.17) is 11.6 Å². The molecule has 1 N–H and O–H groups in total. The predicted molar refractivity (Wildman–Crippen MR) is 103 cm³/mol. The summed E-state index contributed by atoms with van der Waals surface area (Å²) in [6.07, 6.45) is 3.92. The van der Waals surface area contributed by atoms with Crippen molar-refractivity contribution in [2.24, 2.45) is 0 Å². The van der Waals surface area contributed by atoms with Gasteiger partial charge in [-0.15, -0.1) is 0 Å². The molecule has 0 unspecified atom stereocenters. The van der Waals surface area contributed by atoms with E-state index in [-0.39, 0.29) is 5.91 Å². The lowest BCUT2D eigenvalue weighted by atomic mass is 10.2. The minimum Gasteiger partial charge on any atom is -0.339 e. The molecule has 0 spiro atoms. The van der Waals surface area contributed by atoms with Crippen molar-refractivity contribution in [3.05, 3.63) is 76.7 Å². The molecule has 1 aromatic heterocycles. The summed E-state index contributed by atoms with van der Waals surface area (Å²) in [5.74, 6) is 0.427. The largest absolute Gasteiger partial charge is 0.339 e. The summed E-state index contributed by atoms with van der Waals surface area (Å²) in [7, 11) is 0. The van der Waals surface area contributed by atoms with Gasteiger partial charge in [-0.2, -0.15) is 0 Å². The lowest BCUT2D eigenvalue weighted by molar-refractivity contribution is 0.0984. The Kier molecular flexibility index (Phi) is 4.31. The van der Waals surface area contributed by atoms with E-state index in [1.165, 1.54) is 11.8 Å². The Morgan fingerprint density at radius 2 is 2.00 bits per heavy atom. The molecule has 0 radical (unpaired) electrons. The first kappa shape index (κ1) is 16.5. The van der Waals surface area contributed by atoms with Crippen LogP contribution in [0.2, 0.25) is 5.02 Å². The van der Waals surface area contributed by atoms with Gasteiger partial charge in [-0.05, 0) is 42.7 Å². The summed E-state index contributed by atoms with van der Waals surface area (Å²) >= 11 is 6.13. The van der Waals surface area contributed by atoms with Gasteiger partial charge in [-0.3, -0.25) is 4.79 Å². The number of nitrogens with one attached hydrogen (secondary N) is 1. The first-order chi connectivity index (χ1) is 12.6. The van der Waals surface area contributed by atoms with E-state index in [2.05, 4.69) is 15.3 Å². The maximum atomic E-state index is 12.7. The SMILES string of the molecule is Cc1ccc(Nc2cnc(C(=O)N3CCc4ccccc43)cn2)cc1Cl. The summed E-state index contributed by atoms with van der Waals surface area (Å²) < 4.78 is 0. The molecule has 0 fully saturated rings. The molecule has 4 rings (SSSR count). The average Bonchev–Trinajstić information content (AvgIpc) is 3.09. The molecule has 1 aliphatic heterocycles. The Balaban J connectivity index is 1.51. The molecular formula is C20H17ClN4O. The predicted octanol–water partition coefficient (Wildman–Crippen LogP) is 4.38. The van der Waals surface area contributed by atoms with Crippen LogP contribution in [-0.2, 0) is 6.42 Å². The van der Waals surface area contributed by atoms with Crippen LogP contribution in [-0.4, -0.2) is 22.4 Å². The third kappa shape index (κ3) is 3.13. The van der Waals surface area contributed by atoms with Crippen molar-refractivity contribution in [1.29, 1.82) is 0 Å². The fourth-order valence-corrected chi connectivity index (χ4v) is 3.19. The van der Waals surface area contributed by atoms with E-state index >= 15 is 0 Å². The van der Waals surface area contributed by atoms with E-state index < -0.39 is 0 Å². The molecule has 2 heterocycles. The van der Waals surface area contributed by atoms with Crippen LogP contribution in [0.25, 0.3) is 0 Å². The van der Waals surface area contributed by atoms with Crippen molar-refractivity contribution in [1.82, 2.24) is 9.97 Å². The van der Waals surface area contributed by atoms with Gasteiger partial charge >= 0.3 is 0 Å². The third-order valence-electron chi connectivity index (χ3n) is 4.45. The standard InChI is InChI=1S/C20H17ClN4O/c1-13-6-7-15(10-16(13)21)24-19-12-22-17(11-23-19)20(26)25-9-8-14-4-2-3-5-18(14)25/h2-7,10-12H,8-9H2,1H3,(H,23,24). The maximum Gasteiger partial charge on any atom is 0.278 e. The minimum atomic E-state index is -0.132. The molecule has 0 saturated heterocycles. The molecule has 0 saturated carbocycles. The number of fused-ring (bicyclic) bond motifs is 1. The maximum absolute atomic E-state index is 12.7. The Hall–Kier alpha value is -2.92. The fraction of sp³-hybridized carbons (Fsp3) is 0.150. The van der Waals surface area contributed by atoms with Crippen LogP contribution in [0, 0.1) is 6.92 Å². The highest BCUT2D eigenvalue weighted by atomic mass is 35.5. The van der Waals surface area contributed by atoms with Crippen molar-refractivity contribution in [3.8, 4) is 0 Å². The summed E-state index contributed by atoms with van der Waals surface area (Å²) in [5, 5.41) is 3.82. The van der Waals surface area contributed by atoms with Gasteiger partial charge in [0.25, 0.3) is 5.91 Å². The Morgan fingerprint density at radius 3 is 2.77 bits per heavy atom. The zero-order valence-corrected chi connectivity index (χ0v) is 15.0. The van der Waals surface area contributed by atoms with Crippen LogP contribution < -0.4 is 10.2 Å². The fourth-order valence-electron chi connectivity index (χ4n) is 3.01. The quantitative estimate of drug-likeness (QED) is 0.749. The number of hydrogen-bond acceptors (Lipinski definition) is 4. The number of para-hydroxylation sites is 1. The molecule has 0 bridgehead atoms. The Labute approximate surface area is 156 Å². The van der Waals surface area contributed by atoms with Crippen LogP contribution in [0.3, 0.4) is 0 Å². The second-order valence-electron chi connectivity index (χ2n) is 6.21. The topological polar surface area (TPSA) is 58.1 Å². The molecule has 2 aromatic carbocycles. The number of carbonyl (C=O) groups is 1. The second kappa shape index (κ2) is 6.77. The molecule has 3 aromatic rings. The van der Waals surface area contributed by atoms with Crippen LogP contribution in [0.1, 0.15) is 21.6 Å². The van der Waals surface area contributed by atoms with Crippen molar-refractivity contribution in [2.45, 2.75) is 13.3 Å². The molecule has 26 heavy (non-hydrogen) atoms. The smallest absolute Gasteiger partial charge is 0.278 e. The van der Waals surface area contributed by atoms with Crippen LogP contribution >= 0.6 is 11.6 Å². The van der Waals surface area contributed by atoms with Crippen LogP contribution in [0.15, 0.2) is 54.9 Å². The number of anilines is 3. The van der Waals surface area contributed by atoms with Gasteiger partial charge in [0, 0.05) is 22.9 Å². The van der Waals surface area contributed by atoms with Crippen molar-refractivity contribution < 1.29 is 4.79 Å². The summed E-state index contributed by atoms with van der Waals surface area (Å²) in [4.78, 5) is 23.1. The highest BCUT2D eigenvalue weighted by molar-refractivity contribution is 6.31. The Morgan fingerprint density at radius 1 is 1.15 bits per heavy atom. The highest BCUT2D eigenvalue weighted by Crippen LogP contribution is 2.28. The number of carbonyl (C=O) groups excluding carboxylic acids is 1. The number of amides is 1. The van der Waals surface area contributed by atoms with Crippen molar-refractivity contribution in [2.75, 3.05) is 16.8 Å². The van der Waals surface area contributed by atoms with Crippen molar-refractivity contribution in [3.63, 3.8) is 0 Å². The average molecular weight is 365 g/mol. The third-order valence-corrected chi connectivity index (χ3v) is 4.85. The van der Waals surface area contributed by atoms with Gasteiger partial charge in [0.1, 0.15) is 11.5 Å². The number of nitrogens with zero attached hydrogens (tertiary/aromatic N) is 3. The minimum absolute atomic E-state index is 0.132. The molecule has 130 valence electrons. The van der Waals surface area contributed by atoms with Gasteiger partial charge in [0.2, 0.25) is 0 Å². The molecule has 0 aliphatic carbocycles. The monoisotopic (exact) mass is 364 g/mol. The summed E-state index contributed by atoms with van der Waals surface area (Å²) in [5.41, 5.74) is 4.30. The number of halogens is 1. The van der Waals surface area contributed by atoms with Gasteiger partial charge in [-0.25, -0.2) is 9.97 Å². The van der Waals surface area contributed by atoms with Gasteiger partial charge < -0.3 is 10.2 Å². The molecule has 1 amide bonds. The molecular weight excluding hydrogens is 348 g/mol. The normalized spacial score (nSPS) is 12.8. The van der Waals surface area contributed by atoms with E-state index in [9.17, 15) is 4.79 Å². The van der Waals surface area contributed by atoms with E-state index in [1.807, 2.05) is 49.4 Å². The zero-order chi connectivity index (χ0) is 18.1. The number of aryl methyl sites for hydroxylation is 1. The van der Waals surface area contributed by atoms with Crippen LogP contribution in [0.5, 0.6) is 0 Å². The zero-order valence-electron chi connectivity index (χ0n) is 14.2. The van der Waals surface area contributed by atoms with Crippen LogP contribution in [0.4, 0.5) is 17.2 Å². The lowest BCUT2D eigenvalue weighted by Gasteiger charge is -2.16. The number of rotatable bonds is 3. The second-order valence-corrected chi connectivity index (χ2v) is 6.62. The van der Waals surface area contributed by atoms with Gasteiger partial charge in [0.05, 0.1) is 12.4 Å². The molecule has 5 nitrogen and oxygen atoms in total. The molecule has 1 aliphatic rings. The Bertz CT molecular complexity index is 972. The van der Waals surface area contributed by atoms with Gasteiger partial charge in [-0.1, -0.05) is 35.9 Å². The van der Waals surface area contributed by atoms with E-state index in [1.54, 1.807) is 11.1 Å². The van der Waals surface area contributed by atoms with E-state index in [0.717, 1.165) is 23.4 Å². The summed E-state index contributed by atoms with van der Waals surface area (Å²) in [6, 6.07) is 13.6.